The summed E-state index contributed by atoms with van der Waals surface area (Å²) in [6.45, 7) is 3.60. The summed E-state index contributed by atoms with van der Waals surface area (Å²) in [6, 6.07) is -0.114. The van der Waals surface area contributed by atoms with E-state index in [4.69, 9.17) is 9.47 Å². The average Bonchev–Trinajstić information content (AvgIpc) is 2.61. The fraction of sp³-hybridized carbons (Fsp3) is 0.889. The van der Waals surface area contributed by atoms with Crippen molar-refractivity contribution in [2.75, 3.05) is 0 Å². The lowest BCUT2D eigenvalue weighted by Gasteiger charge is -2.30. The summed E-state index contributed by atoms with van der Waals surface area (Å²) in [7, 11) is 0. The molecule has 24 heavy (non-hydrogen) atoms. The van der Waals surface area contributed by atoms with Crippen LogP contribution in [0.1, 0.15) is 78.1 Å². The third-order valence-corrected chi connectivity index (χ3v) is 4.84. The molecule has 6 nitrogen and oxygen atoms in total. The maximum atomic E-state index is 11.6. The van der Waals surface area contributed by atoms with E-state index in [1.165, 1.54) is 0 Å². The maximum absolute atomic E-state index is 11.6. The number of ether oxygens (including phenoxy) is 2. The molecule has 0 aromatic rings. The van der Waals surface area contributed by atoms with Gasteiger partial charge in [-0.25, -0.2) is 0 Å². The van der Waals surface area contributed by atoms with Gasteiger partial charge in [0.25, 0.3) is 0 Å². The molecule has 0 radical (unpaired) electrons. The monoisotopic (exact) mass is 338 g/mol. The van der Waals surface area contributed by atoms with Crippen molar-refractivity contribution in [3.63, 3.8) is 0 Å². The van der Waals surface area contributed by atoms with Crippen LogP contribution in [-0.4, -0.2) is 36.2 Å². The van der Waals surface area contributed by atoms with Gasteiger partial charge in [0.05, 0.1) is 0 Å². The van der Waals surface area contributed by atoms with Crippen LogP contribution in [0.5, 0.6) is 0 Å². The minimum absolute atomic E-state index is 0.0568. The molecular formula is C18H30N2O4. The zero-order valence-corrected chi connectivity index (χ0v) is 14.9. The van der Waals surface area contributed by atoms with Crippen molar-refractivity contribution in [1.29, 1.82) is 0 Å². The molecule has 4 atom stereocenters. The predicted molar refractivity (Wildman–Crippen MR) is 89.7 cm³/mol. The number of carbonyl (C=O) groups is 2. The number of nitrogens with zero attached hydrogens (tertiary/aromatic N) is 2. The van der Waals surface area contributed by atoms with Gasteiger partial charge in [-0.3, -0.25) is 9.59 Å². The minimum atomic E-state index is -0.172. The van der Waals surface area contributed by atoms with E-state index in [0.717, 1.165) is 51.4 Å². The molecule has 0 aromatic carbocycles. The number of hydrogen-bond donors (Lipinski definition) is 0. The van der Waals surface area contributed by atoms with E-state index in [1.54, 1.807) is 13.8 Å². The summed E-state index contributed by atoms with van der Waals surface area (Å²) < 4.78 is 11.0. The molecular weight excluding hydrogens is 308 g/mol. The molecule has 2 aliphatic rings. The summed E-state index contributed by atoms with van der Waals surface area (Å²) >= 11 is 0. The van der Waals surface area contributed by atoms with Crippen LogP contribution < -0.4 is 0 Å². The number of rotatable bonds is 6. The Morgan fingerprint density at radius 1 is 0.750 bits per heavy atom. The first-order valence-electron chi connectivity index (χ1n) is 9.43. The first-order valence-corrected chi connectivity index (χ1v) is 9.43. The van der Waals surface area contributed by atoms with Gasteiger partial charge in [-0.05, 0) is 38.5 Å². The van der Waals surface area contributed by atoms with E-state index in [9.17, 15) is 9.59 Å². The van der Waals surface area contributed by atoms with Crippen molar-refractivity contribution in [1.82, 2.24) is 0 Å². The third kappa shape index (κ3) is 5.56. The Morgan fingerprint density at radius 2 is 1.12 bits per heavy atom. The predicted octanol–water partition coefficient (Wildman–Crippen LogP) is 3.97. The van der Waals surface area contributed by atoms with Crippen molar-refractivity contribution in [3.05, 3.63) is 0 Å². The molecule has 6 heteroatoms. The Kier molecular flexibility index (Phi) is 7.66. The number of esters is 2. The third-order valence-electron chi connectivity index (χ3n) is 4.84. The molecule has 0 heterocycles. The Bertz CT molecular complexity index is 412. The van der Waals surface area contributed by atoms with Gasteiger partial charge in [-0.2, -0.15) is 10.2 Å². The van der Waals surface area contributed by atoms with E-state index in [2.05, 4.69) is 10.2 Å². The van der Waals surface area contributed by atoms with Gasteiger partial charge >= 0.3 is 11.9 Å². The van der Waals surface area contributed by atoms with Crippen molar-refractivity contribution < 1.29 is 19.1 Å². The second kappa shape index (κ2) is 9.74. The molecule has 0 spiro atoms. The highest BCUT2D eigenvalue weighted by Gasteiger charge is 2.31. The van der Waals surface area contributed by atoms with E-state index in [0.29, 0.717) is 12.8 Å². The molecule has 2 aliphatic carbocycles. The highest BCUT2D eigenvalue weighted by atomic mass is 16.5. The first kappa shape index (κ1) is 18.9. The fourth-order valence-electron chi connectivity index (χ4n) is 3.37. The molecule has 0 bridgehead atoms. The highest BCUT2D eigenvalue weighted by Crippen LogP contribution is 2.28. The van der Waals surface area contributed by atoms with Gasteiger partial charge in [-0.1, -0.05) is 26.7 Å². The standard InChI is InChI=1S/C18H30N2O4/c1-3-17(21)23-15-11-7-5-9-13(15)19-20-14-10-6-8-12-16(14)24-18(22)4-2/h13-16H,3-12H2,1-2H3. The van der Waals surface area contributed by atoms with Crippen LogP contribution in [0, 0.1) is 0 Å². The summed E-state index contributed by atoms with van der Waals surface area (Å²) in [5.41, 5.74) is 0. The number of hydrogen-bond acceptors (Lipinski definition) is 6. The molecule has 0 aromatic heterocycles. The lowest BCUT2D eigenvalue weighted by Crippen LogP contribution is -2.35. The van der Waals surface area contributed by atoms with Gasteiger partial charge in [-0.15, -0.1) is 0 Å². The zero-order chi connectivity index (χ0) is 17.4. The van der Waals surface area contributed by atoms with Crippen LogP contribution in [0.4, 0.5) is 0 Å². The summed E-state index contributed by atoms with van der Waals surface area (Å²) in [5.74, 6) is -0.343. The second-order valence-corrected chi connectivity index (χ2v) is 6.70. The summed E-state index contributed by atoms with van der Waals surface area (Å²) in [5, 5.41) is 9.03. The van der Waals surface area contributed by atoms with Crippen LogP contribution >= 0.6 is 0 Å². The molecule has 0 aliphatic heterocycles. The average molecular weight is 338 g/mol. The molecule has 2 fully saturated rings. The van der Waals surface area contributed by atoms with Crippen LogP contribution in [0.25, 0.3) is 0 Å². The first-order chi connectivity index (χ1) is 11.6. The number of carbonyl (C=O) groups excluding carboxylic acids is 2. The van der Waals surface area contributed by atoms with Crippen molar-refractivity contribution in [3.8, 4) is 0 Å². The molecule has 4 unspecified atom stereocenters. The number of azo groups is 1. The van der Waals surface area contributed by atoms with Gasteiger partial charge in [0, 0.05) is 12.8 Å². The second-order valence-electron chi connectivity index (χ2n) is 6.70. The fourth-order valence-corrected chi connectivity index (χ4v) is 3.37. The van der Waals surface area contributed by atoms with E-state index >= 15 is 0 Å². The molecule has 2 saturated carbocycles. The Morgan fingerprint density at radius 3 is 1.50 bits per heavy atom. The zero-order valence-electron chi connectivity index (χ0n) is 14.9. The summed E-state index contributed by atoms with van der Waals surface area (Å²) in [6.07, 6.45) is 8.27. The highest BCUT2D eigenvalue weighted by molar-refractivity contribution is 5.69. The van der Waals surface area contributed by atoms with Crippen molar-refractivity contribution >= 4 is 11.9 Å². The lowest BCUT2D eigenvalue weighted by atomic mass is 9.92. The quantitative estimate of drug-likeness (QED) is 0.542. The Balaban J connectivity index is 1.96. The van der Waals surface area contributed by atoms with Gasteiger partial charge in [0.15, 0.2) is 0 Å². The maximum Gasteiger partial charge on any atom is 0.305 e. The van der Waals surface area contributed by atoms with E-state index in [1.807, 2.05) is 0 Å². The molecule has 136 valence electrons. The van der Waals surface area contributed by atoms with Crippen molar-refractivity contribution in [2.24, 2.45) is 10.2 Å². The summed E-state index contributed by atoms with van der Waals surface area (Å²) in [4.78, 5) is 23.2. The normalized spacial score (nSPS) is 30.9. The van der Waals surface area contributed by atoms with Crippen molar-refractivity contribution in [2.45, 2.75) is 102 Å². The van der Waals surface area contributed by atoms with Gasteiger partial charge in [0.2, 0.25) is 0 Å². The SMILES string of the molecule is CCC(=O)OC1CCCCC1N=NC1CCCCC1OC(=O)CC. The lowest BCUT2D eigenvalue weighted by molar-refractivity contribution is -0.152. The van der Waals surface area contributed by atoms with E-state index in [-0.39, 0.29) is 36.2 Å². The van der Waals surface area contributed by atoms with Crippen LogP contribution in [0.2, 0.25) is 0 Å². The van der Waals surface area contributed by atoms with Crippen LogP contribution in [0.15, 0.2) is 10.2 Å². The topological polar surface area (TPSA) is 77.3 Å². The van der Waals surface area contributed by atoms with E-state index < -0.39 is 0 Å². The van der Waals surface area contributed by atoms with Gasteiger partial charge in [0.1, 0.15) is 24.3 Å². The Labute approximate surface area is 144 Å². The molecule has 0 saturated heterocycles. The largest absolute Gasteiger partial charge is 0.460 e. The smallest absolute Gasteiger partial charge is 0.305 e. The molecule has 0 amide bonds. The van der Waals surface area contributed by atoms with Crippen LogP contribution in [-0.2, 0) is 19.1 Å². The minimum Gasteiger partial charge on any atom is -0.460 e. The van der Waals surface area contributed by atoms with Crippen LogP contribution in [0.3, 0.4) is 0 Å². The Hall–Kier alpha value is -1.46. The molecule has 0 N–H and O–H groups in total. The van der Waals surface area contributed by atoms with Gasteiger partial charge < -0.3 is 9.47 Å². The molecule has 2 rings (SSSR count).